The number of amides is 1. The Morgan fingerprint density at radius 2 is 1.97 bits per heavy atom. The number of hydrogen-bond donors (Lipinski definition) is 1. The van der Waals surface area contributed by atoms with Crippen molar-refractivity contribution in [3.8, 4) is 5.75 Å². The van der Waals surface area contributed by atoms with Gasteiger partial charge in [-0.2, -0.15) is 0 Å². The number of thiol groups is 1. The van der Waals surface area contributed by atoms with E-state index in [0.717, 1.165) is 12.8 Å². The van der Waals surface area contributed by atoms with Gasteiger partial charge in [-0.05, 0) is 72.4 Å². The molecule has 1 atom stereocenters. The van der Waals surface area contributed by atoms with E-state index in [-0.39, 0.29) is 31.1 Å². The molecular formula is C21H33F2N2O4PS. The topological polar surface area (TPSA) is 59.1 Å². The molecule has 10 heteroatoms. The third-order valence-corrected chi connectivity index (χ3v) is 8.33. The van der Waals surface area contributed by atoms with Gasteiger partial charge in [0.1, 0.15) is 0 Å². The van der Waals surface area contributed by atoms with Crippen LogP contribution in [0.2, 0.25) is 0 Å². The van der Waals surface area contributed by atoms with Crippen molar-refractivity contribution in [1.29, 1.82) is 0 Å². The van der Waals surface area contributed by atoms with Gasteiger partial charge in [0, 0.05) is 32.4 Å². The van der Waals surface area contributed by atoms with Crippen molar-refractivity contribution in [2.45, 2.75) is 52.2 Å². The van der Waals surface area contributed by atoms with Crippen LogP contribution in [-0.4, -0.2) is 58.1 Å². The SMILES string of the molecule is CC(C)OC(=O)N1CCC(CCOc2c(F)cc3c(c2F)CCN([SH](C)(=O)P)C3)CC1. The molecule has 6 nitrogen and oxygen atoms in total. The molecule has 0 saturated carbocycles. The molecule has 0 N–H and O–H groups in total. The summed E-state index contributed by atoms with van der Waals surface area (Å²) in [5.41, 5.74) is 0.974. The number of likely N-dealkylation sites (tertiary alicyclic amines) is 1. The molecule has 0 aliphatic carbocycles. The summed E-state index contributed by atoms with van der Waals surface area (Å²) in [4.78, 5) is 13.7. The highest BCUT2D eigenvalue weighted by Gasteiger charge is 2.28. The summed E-state index contributed by atoms with van der Waals surface area (Å²) in [6, 6.07) is 1.30. The van der Waals surface area contributed by atoms with Crippen molar-refractivity contribution in [2.75, 3.05) is 32.5 Å². The molecule has 1 unspecified atom stereocenters. The lowest BCUT2D eigenvalue weighted by molar-refractivity contribution is 0.0636. The van der Waals surface area contributed by atoms with Gasteiger partial charge in [0.05, 0.1) is 12.7 Å². The number of carbonyl (C=O) groups excluding carboxylic acids is 1. The number of carbonyl (C=O) groups is 1. The third kappa shape index (κ3) is 6.14. The van der Waals surface area contributed by atoms with Gasteiger partial charge in [0.25, 0.3) is 0 Å². The van der Waals surface area contributed by atoms with Gasteiger partial charge in [0.2, 0.25) is 0 Å². The zero-order valence-corrected chi connectivity index (χ0v) is 20.5. The van der Waals surface area contributed by atoms with Crippen molar-refractivity contribution in [1.82, 2.24) is 9.21 Å². The first-order chi connectivity index (χ1) is 14.6. The Labute approximate surface area is 186 Å². The summed E-state index contributed by atoms with van der Waals surface area (Å²) in [6.45, 7) is 5.82. The quantitative estimate of drug-likeness (QED) is 0.501. The predicted octanol–water partition coefficient (Wildman–Crippen LogP) is 3.70. The fraction of sp³-hybridized carbons (Fsp3) is 0.667. The van der Waals surface area contributed by atoms with Crippen LogP contribution >= 0.6 is 8.44 Å². The second kappa shape index (κ2) is 10.1. The molecule has 0 bridgehead atoms. The molecule has 1 aromatic rings. The lowest BCUT2D eigenvalue weighted by atomic mass is 9.94. The molecule has 2 aliphatic heterocycles. The Bertz CT molecular complexity index is 856. The number of halogens is 2. The highest BCUT2D eigenvalue weighted by atomic mass is 32.8. The Kier molecular flexibility index (Phi) is 7.92. The van der Waals surface area contributed by atoms with Gasteiger partial charge >= 0.3 is 6.09 Å². The lowest BCUT2D eigenvalue weighted by Gasteiger charge is -2.35. The third-order valence-electron chi connectivity index (χ3n) is 5.89. The average Bonchev–Trinajstić information content (AvgIpc) is 2.69. The van der Waals surface area contributed by atoms with Crippen molar-refractivity contribution >= 4 is 24.3 Å². The minimum Gasteiger partial charge on any atom is -0.488 e. The largest absolute Gasteiger partial charge is 0.488 e. The van der Waals surface area contributed by atoms with Crippen LogP contribution in [0.1, 0.15) is 44.2 Å². The van der Waals surface area contributed by atoms with Crippen LogP contribution in [0.3, 0.4) is 0 Å². The number of ether oxygens (including phenoxy) is 2. The first-order valence-corrected chi connectivity index (χ1v) is 14.5. The van der Waals surface area contributed by atoms with Gasteiger partial charge in [-0.3, -0.25) is 4.21 Å². The summed E-state index contributed by atoms with van der Waals surface area (Å²) < 4.78 is 54.3. The van der Waals surface area contributed by atoms with Gasteiger partial charge in [-0.1, -0.05) is 8.44 Å². The Morgan fingerprint density at radius 1 is 1.29 bits per heavy atom. The van der Waals surface area contributed by atoms with E-state index in [0.29, 0.717) is 49.5 Å². The average molecular weight is 479 g/mol. The fourth-order valence-corrected chi connectivity index (χ4v) is 5.62. The predicted molar refractivity (Wildman–Crippen MR) is 122 cm³/mol. The molecule has 1 amide bonds. The summed E-state index contributed by atoms with van der Waals surface area (Å²) in [7, 11) is -0.210. The van der Waals surface area contributed by atoms with Crippen molar-refractivity contribution in [2.24, 2.45) is 5.92 Å². The molecule has 0 radical (unpaired) electrons. The van der Waals surface area contributed by atoms with Crippen LogP contribution < -0.4 is 4.74 Å². The zero-order chi connectivity index (χ0) is 22.8. The molecular weight excluding hydrogens is 445 g/mol. The number of benzene rings is 1. The van der Waals surface area contributed by atoms with E-state index in [4.69, 9.17) is 9.47 Å². The van der Waals surface area contributed by atoms with Gasteiger partial charge in [0.15, 0.2) is 17.4 Å². The fourth-order valence-electron chi connectivity index (χ4n) is 4.10. The van der Waals surface area contributed by atoms with Crippen molar-refractivity contribution in [3.63, 3.8) is 0 Å². The maximum atomic E-state index is 14.9. The van der Waals surface area contributed by atoms with Gasteiger partial charge in [-0.25, -0.2) is 17.9 Å². The molecule has 0 aromatic heterocycles. The number of rotatable bonds is 6. The Balaban J connectivity index is 1.53. The minimum absolute atomic E-state index is 0.143. The summed E-state index contributed by atoms with van der Waals surface area (Å²) in [5, 5.41) is 0. The molecule has 176 valence electrons. The first kappa shape index (κ1) is 24.3. The maximum Gasteiger partial charge on any atom is 0.410 e. The van der Waals surface area contributed by atoms with E-state index in [1.54, 1.807) is 15.5 Å². The summed E-state index contributed by atoms with van der Waals surface area (Å²) >= 11 is 0. The second-order valence-corrected chi connectivity index (χ2v) is 14.0. The standard InChI is InChI=1S/C21H33F2N2O4PS/c1-14(2)29-21(26)24-8-4-15(5-9-24)7-11-28-20-18(22)12-16-13-25(31(3,27)30)10-6-17(16)19(20)23/h12,14-15,31H,4-11,13,30H2,1-3H3. The molecule has 2 aliphatic rings. The molecule has 0 spiro atoms. The Morgan fingerprint density at radius 3 is 2.58 bits per heavy atom. The highest BCUT2D eigenvalue weighted by Crippen LogP contribution is 2.34. The molecule has 2 heterocycles. The molecule has 1 fully saturated rings. The van der Waals surface area contributed by atoms with E-state index in [2.05, 4.69) is 8.44 Å². The van der Waals surface area contributed by atoms with Gasteiger partial charge < -0.3 is 14.4 Å². The van der Waals surface area contributed by atoms with Crippen LogP contribution in [-0.2, 0) is 27.4 Å². The van der Waals surface area contributed by atoms with Crippen molar-refractivity contribution in [3.05, 3.63) is 28.8 Å². The van der Waals surface area contributed by atoms with Gasteiger partial charge in [-0.15, -0.1) is 0 Å². The Hall–Kier alpha value is -1.31. The number of nitrogens with zero attached hydrogens (tertiary/aromatic N) is 2. The normalized spacial score (nSPS) is 18.7. The van der Waals surface area contributed by atoms with Crippen molar-refractivity contribution < 1.29 is 27.3 Å². The monoisotopic (exact) mass is 478 g/mol. The summed E-state index contributed by atoms with van der Waals surface area (Å²) in [5.74, 6) is -1.36. The summed E-state index contributed by atoms with van der Waals surface area (Å²) in [6.07, 6.45) is 3.86. The second-order valence-electron chi connectivity index (χ2n) is 8.72. The number of hydrogen-bond acceptors (Lipinski definition) is 4. The van der Waals surface area contributed by atoms with E-state index < -0.39 is 21.4 Å². The van der Waals surface area contributed by atoms with E-state index >= 15 is 0 Å². The van der Waals surface area contributed by atoms with Crippen LogP contribution in [0.4, 0.5) is 13.6 Å². The molecule has 31 heavy (non-hydrogen) atoms. The van der Waals surface area contributed by atoms with Crippen LogP contribution in [0, 0.1) is 17.6 Å². The van der Waals surface area contributed by atoms with E-state index in [9.17, 15) is 17.8 Å². The number of fused-ring (bicyclic) bond motifs is 1. The van der Waals surface area contributed by atoms with Crippen LogP contribution in [0.15, 0.2) is 6.07 Å². The van der Waals surface area contributed by atoms with E-state index in [1.165, 1.54) is 6.07 Å². The lowest BCUT2D eigenvalue weighted by Crippen LogP contribution is -2.40. The minimum atomic E-state index is -2.55. The number of piperidine rings is 1. The first-order valence-electron chi connectivity index (χ1n) is 10.8. The molecule has 3 rings (SSSR count). The van der Waals surface area contributed by atoms with E-state index in [1.807, 2.05) is 13.8 Å². The molecule has 1 saturated heterocycles. The molecule has 1 aromatic carbocycles. The van der Waals surface area contributed by atoms with Crippen LogP contribution in [0.25, 0.3) is 0 Å². The zero-order valence-electron chi connectivity index (χ0n) is 18.4. The van der Waals surface area contributed by atoms with Crippen LogP contribution in [0.5, 0.6) is 5.75 Å². The smallest absolute Gasteiger partial charge is 0.410 e. The highest BCUT2D eigenvalue weighted by molar-refractivity contribution is 8.43. The maximum absolute atomic E-state index is 14.9.